The highest BCUT2D eigenvalue weighted by Gasteiger charge is 2.24. The highest BCUT2D eigenvalue weighted by atomic mass is 35.5. The molecular weight excluding hydrogens is 350 g/mol. The molecule has 0 aliphatic carbocycles. The Bertz CT molecular complexity index is 665. The third kappa shape index (κ3) is 5.36. The molecule has 1 aliphatic rings. The van der Waals surface area contributed by atoms with Crippen molar-refractivity contribution in [2.45, 2.75) is 26.2 Å². The standard InChI is InChI=1S/C16H25N3O3S.ClH/c1-3-8-17-9-10-18-16(20)14-6-7-15-13(12-14)5-4-11-19(15)23(2,21)22;/h6-7,12,17H,3-5,8-11H2,1-2H3,(H,18,20);1H. The summed E-state index contributed by atoms with van der Waals surface area (Å²) >= 11 is 0. The van der Waals surface area contributed by atoms with E-state index < -0.39 is 10.0 Å². The molecule has 136 valence electrons. The minimum absolute atomic E-state index is 0. The third-order valence-electron chi connectivity index (χ3n) is 3.83. The van der Waals surface area contributed by atoms with Crippen LogP contribution >= 0.6 is 12.4 Å². The summed E-state index contributed by atoms with van der Waals surface area (Å²) in [5.41, 5.74) is 2.19. The summed E-state index contributed by atoms with van der Waals surface area (Å²) in [5.74, 6) is -0.123. The zero-order chi connectivity index (χ0) is 16.9. The van der Waals surface area contributed by atoms with Gasteiger partial charge >= 0.3 is 0 Å². The van der Waals surface area contributed by atoms with Crippen molar-refractivity contribution in [2.24, 2.45) is 0 Å². The fourth-order valence-electron chi connectivity index (χ4n) is 2.72. The predicted molar refractivity (Wildman–Crippen MR) is 99.7 cm³/mol. The zero-order valence-electron chi connectivity index (χ0n) is 14.2. The van der Waals surface area contributed by atoms with Crippen LogP contribution in [0.25, 0.3) is 0 Å². The number of amides is 1. The van der Waals surface area contributed by atoms with Gasteiger partial charge in [-0.05, 0) is 49.6 Å². The number of anilines is 1. The summed E-state index contributed by atoms with van der Waals surface area (Å²) in [6.45, 7) is 4.85. The number of nitrogens with zero attached hydrogens (tertiary/aromatic N) is 1. The van der Waals surface area contributed by atoms with E-state index in [2.05, 4.69) is 17.6 Å². The molecule has 1 heterocycles. The molecule has 1 aromatic carbocycles. The Morgan fingerprint density at radius 1 is 1.25 bits per heavy atom. The highest BCUT2D eigenvalue weighted by Crippen LogP contribution is 2.29. The van der Waals surface area contributed by atoms with Crippen LogP contribution in [-0.4, -0.2) is 46.8 Å². The number of carbonyl (C=O) groups is 1. The van der Waals surface area contributed by atoms with Gasteiger partial charge in [0.05, 0.1) is 11.9 Å². The van der Waals surface area contributed by atoms with Gasteiger partial charge in [0.25, 0.3) is 5.91 Å². The average molecular weight is 376 g/mol. The molecule has 6 nitrogen and oxygen atoms in total. The molecule has 0 unspecified atom stereocenters. The van der Waals surface area contributed by atoms with Crippen LogP contribution in [-0.2, 0) is 16.4 Å². The summed E-state index contributed by atoms with van der Waals surface area (Å²) in [5, 5.41) is 6.10. The molecule has 0 aromatic heterocycles. The number of hydrogen-bond donors (Lipinski definition) is 2. The number of rotatable bonds is 7. The number of halogens is 1. The molecule has 2 N–H and O–H groups in total. The second-order valence-corrected chi connectivity index (χ2v) is 7.69. The second-order valence-electron chi connectivity index (χ2n) is 5.79. The lowest BCUT2D eigenvalue weighted by molar-refractivity contribution is 0.0954. The number of fused-ring (bicyclic) bond motifs is 1. The van der Waals surface area contributed by atoms with Crippen LogP contribution < -0.4 is 14.9 Å². The first-order valence-electron chi connectivity index (χ1n) is 8.03. The van der Waals surface area contributed by atoms with E-state index in [1.165, 1.54) is 10.6 Å². The van der Waals surface area contributed by atoms with Crippen molar-refractivity contribution in [1.29, 1.82) is 0 Å². The molecule has 2 rings (SSSR count). The molecule has 0 saturated carbocycles. The van der Waals surface area contributed by atoms with E-state index >= 15 is 0 Å². The Morgan fingerprint density at radius 2 is 2.00 bits per heavy atom. The molecule has 24 heavy (non-hydrogen) atoms. The Labute approximate surface area is 150 Å². The zero-order valence-corrected chi connectivity index (χ0v) is 15.8. The van der Waals surface area contributed by atoms with Crippen molar-refractivity contribution >= 4 is 34.0 Å². The van der Waals surface area contributed by atoms with Gasteiger partial charge in [0.1, 0.15) is 0 Å². The van der Waals surface area contributed by atoms with Crippen molar-refractivity contribution in [3.05, 3.63) is 29.3 Å². The number of aryl methyl sites for hydroxylation is 1. The molecular formula is C16H26ClN3O3S. The van der Waals surface area contributed by atoms with E-state index in [-0.39, 0.29) is 18.3 Å². The number of sulfonamides is 1. The van der Waals surface area contributed by atoms with E-state index in [0.29, 0.717) is 24.3 Å². The molecule has 0 radical (unpaired) electrons. The van der Waals surface area contributed by atoms with Crippen molar-refractivity contribution in [1.82, 2.24) is 10.6 Å². The number of carbonyl (C=O) groups excluding carboxylic acids is 1. The molecule has 8 heteroatoms. The van der Waals surface area contributed by atoms with E-state index in [1.807, 2.05) is 6.07 Å². The number of benzene rings is 1. The smallest absolute Gasteiger partial charge is 0.251 e. The molecule has 1 amide bonds. The largest absolute Gasteiger partial charge is 0.351 e. The molecule has 1 aromatic rings. The predicted octanol–water partition coefficient (Wildman–Crippen LogP) is 1.55. The molecule has 0 bridgehead atoms. The Balaban J connectivity index is 0.00000288. The topological polar surface area (TPSA) is 78.5 Å². The van der Waals surface area contributed by atoms with Crippen molar-refractivity contribution in [3.63, 3.8) is 0 Å². The first kappa shape index (κ1) is 20.7. The van der Waals surface area contributed by atoms with Crippen molar-refractivity contribution in [2.75, 3.05) is 36.7 Å². The maximum atomic E-state index is 12.2. The third-order valence-corrected chi connectivity index (χ3v) is 5.01. The summed E-state index contributed by atoms with van der Waals surface area (Å²) in [7, 11) is -3.27. The average Bonchev–Trinajstić information content (AvgIpc) is 2.52. The fourth-order valence-corrected chi connectivity index (χ4v) is 3.71. The van der Waals surface area contributed by atoms with Gasteiger partial charge in [-0.3, -0.25) is 9.10 Å². The first-order chi connectivity index (χ1) is 10.9. The number of nitrogens with one attached hydrogen (secondary N) is 2. The summed E-state index contributed by atoms with van der Waals surface area (Å²) in [6.07, 6.45) is 3.84. The minimum Gasteiger partial charge on any atom is -0.351 e. The van der Waals surface area contributed by atoms with E-state index in [9.17, 15) is 13.2 Å². The van der Waals surface area contributed by atoms with Crippen LogP contribution in [0, 0.1) is 0 Å². The molecule has 0 spiro atoms. The summed E-state index contributed by atoms with van der Waals surface area (Å²) in [4.78, 5) is 12.2. The van der Waals surface area contributed by atoms with E-state index in [4.69, 9.17) is 0 Å². The van der Waals surface area contributed by atoms with Crippen LogP contribution in [0.4, 0.5) is 5.69 Å². The normalized spacial score (nSPS) is 13.8. The second kappa shape index (κ2) is 9.25. The first-order valence-corrected chi connectivity index (χ1v) is 9.88. The lowest BCUT2D eigenvalue weighted by atomic mass is 10.0. The minimum atomic E-state index is -3.27. The lowest BCUT2D eigenvalue weighted by Crippen LogP contribution is -2.35. The SMILES string of the molecule is CCCNCCNC(=O)c1ccc2c(c1)CCCN2S(C)(=O)=O.Cl. The molecule has 0 atom stereocenters. The van der Waals surface area contributed by atoms with Crippen LogP contribution in [0.5, 0.6) is 0 Å². The van der Waals surface area contributed by atoms with Gasteiger partial charge in [0.15, 0.2) is 0 Å². The van der Waals surface area contributed by atoms with Crippen molar-refractivity contribution < 1.29 is 13.2 Å². The van der Waals surface area contributed by atoms with Crippen LogP contribution in [0.1, 0.15) is 35.7 Å². The van der Waals surface area contributed by atoms with Crippen LogP contribution in [0.2, 0.25) is 0 Å². The van der Waals surface area contributed by atoms with Gasteiger partial charge in [-0.15, -0.1) is 12.4 Å². The van der Waals surface area contributed by atoms with Crippen molar-refractivity contribution in [3.8, 4) is 0 Å². The maximum absolute atomic E-state index is 12.2. The summed E-state index contributed by atoms with van der Waals surface area (Å²) in [6, 6.07) is 5.23. The van der Waals surface area contributed by atoms with Gasteiger partial charge in [-0.2, -0.15) is 0 Å². The summed E-state index contributed by atoms with van der Waals surface area (Å²) < 4.78 is 25.1. The Morgan fingerprint density at radius 3 is 2.67 bits per heavy atom. The molecule has 1 aliphatic heterocycles. The monoisotopic (exact) mass is 375 g/mol. The van der Waals surface area contributed by atoms with E-state index in [0.717, 1.165) is 37.9 Å². The van der Waals surface area contributed by atoms with Gasteiger partial charge in [-0.25, -0.2) is 8.42 Å². The maximum Gasteiger partial charge on any atom is 0.251 e. The quantitative estimate of drug-likeness (QED) is 0.709. The highest BCUT2D eigenvalue weighted by molar-refractivity contribution is 7.92. The van der Waals surface area contributed by atoms with Crippen LogP contribution in [0.15, 0.2) is 18.2 Å². The fraction of sp³-hybridized carbons (Fsp3) is 0.562. The Kier molecular flexibility index (Phi) is 7.99. The molecule has 0 saturated heterocycles. The van der Waals surface area contributed by atoms with Gasteiger partial charge in [-0.1, -0.05) is 6.92 Å². The van der Waals surface area contributed by atoms with E-state index in [1.54, 1.807) is 12.1 Å². The van der Waals surface area contributed by atoms with Gasteiger partial charge in [0.2, 0.25) is 10.0 Å². The van der Waals surface area contributed by atoms with Crippen LogP contribution in [0.3, 0.4) is 0 Å². The van der Waals surface area contributed by atoms with Gasteiger partial charge < -0.3 is 10.6 Å². The van der Waals surface area contributed by atoms with Gasteiger partial charge in [0, 0.05) is 25.2 Å². The number of hydrogen-bond acceptors (Lipinski definition) is 4. The molecule has 0 fully saturated rings. The Hall–Kier alpha value is -1.31. The lowest BCUT2D eigenvalue weighted by Gasteiger charge is -2.29.